The van der Waals surface area contributed by atoms with Gasteiger partial charge in [-0.05, 0) is 41.8 Å². The summed E-state index contributed by atoms with van der Waals surface area (Å²) >= 11 is 11.8. The van der Waals surface area contributed by atoms with Crippen LogP contribution in [0, 0.1) is 0 Å². The number of benzene rings is 2. The number of rotatable bonds is 5. The third kappa shape index (κ3) is 4.74. The Hall–Kier alpha value is -1.55. The molecule has 0 fully saturated rings. The van der Waals surface area contributed by atoms with E-state index in [1.165, 1.54) is 0 Å². The van der Waals surface area contributed by atoms with Crippen molar-refractivity contribution in [2.24, 2.45) is 0 Å². The van der Waals surface area contributed by atoms with Crippen LogP contribution in [0.1, 0.15) is 11.1 Å². The van der Waals surface area contributed by atoms with Crippen molar-refractivity contribution >= 4 is 34.8 Å². The van der Waals surface area contributed by atoms with Crippen LogP contribution < -0.4 is 5.32 Å². The van der Waals surface area contributed by atoms with Gasteiger partial charge in [-0.25, -0.2) is 0 Å². The summed E-state index contributed by atoms with van der Waals surface area (Å²) in [6.45, 7) is 0.114. The van der Waals surface area contributed by atoms with E-state index in [9.17, 15) is 4.79 Å². The Balaban J connectivity index is 1.96. The molecule has 21 heavy (non-hydrogen) atoms. The van der Waals surface area contributed by atoms with Gasteiger partial charge >= 0.3 is 0 Å². The van der Waals surface area contributed by atoms with Crippen molar-refractivity contribution < 1.29 is 9.90 Å². The molecule has 0 saturated heterocycles. The Kier molecular flexibility index (Phi) is 5.62. The van der Waals surface area contributed by atoms with Crippen LogP contribution in [0.3, 0.4) is 0 Å². The zero-order valence-corrected chi connectivity index (χ0v) is 12.8. The molecule has 0 bridgehead atoms. The zero-order valence-electron chi connectivity index (χ0n) is 11.3. The molecular weight excluding hydrogens is 309 g/mol. The monoisotopic (exact) mass is 323 g/mol. The van der Waals surface area contributed by atoms with E-state index in [1.807, 2.05) is 24.3 Å². The zero-order chi connectivity index (χ0) is 15.2. The first-order valence-corrected chi connectivity index (χ1v) is 7.27. The number of aliphatic hydroxyl groups is 1. The summed E-state index contributed by atoms with van der Waals surface area (Å²) in [6.07, 6.45) is 0.840. The van der Waals surface area contributed by atoms with Crippen molar-refractivity contribution in [1.82, 2.24) is 0 Å². The number of nitrogens with one attached hydrogen (secondary N) is 1. The number of carbonyl (C=O) groups excluding carboxylic acids is 1. The molecule has 2 N–H and O–H groups in total. The van der Waals surface area contributed by atoms with Gasteiger partial charge in [-0.1, -0.05) is 41.4 Å². The standard InChI is InChI=1S/C16H15Cl2NO2/c17-14-6-3-12(9-15(14)18)10-16(21)19-13-4-1-11(2-5-13)7-8-20/h1-6,9,20H,7-8,10H2,(H,19,21). The minimum absolute atomic E-state index is 0.114. The molecule has 0 aromatic heterocycles. The highest BCUT2D eigenvalue weighted by Crippen LogP contribution is 2.23. The first-order chi connectivity index (χ1) is 10.1. The van der Waals surface area contributed by atoms with Crippen LogP contribution in [0.4, 0.5) is 5.69 Å². The van der Waals surface area contributed by atoms with Gasteiger partial charge in [0, 0.05) is 12.3 Å². The predicted molar refractivity (Wildman–Crippen MR) is 86.0 cm³/mol. The third-order valence-electron chi connectivity index (χ3n) is 2.99. The second-order valence-electron chi connectivity index (χ2n) is 4.64. The van der Waals surface area contributed by atoms with E-state index in [2.05, 4.69) is 5.32 Å². The predicted octanol–water partition coefficient (Wildman–Crippen LogP) is 3.71. The molecule has 1 amide bonds. The van der Waals surface area contributed by atoms with E-state index in [0.717, 1.165) is 16.8 Å². The fraction of sp³-hybridized carbons (Fsp3) is 0.188. The number of anilines is 1. The van der Waals surface area contributed by atoms with Crippen LogP contribution >= 0.6 is 23.2 Å². The maximum Gasteiger partial charge on any atom is 0.228 e. The van der Waals surface area contributed by atoms with Crippen molar-refractivity contribution in [2.45, 2.75) is 12.8 Å². The van der Waals surface area contributed by atoms with E-state index in [0.29, 0.717) is 16.5 Å². The number of carbonyl (C=O) groups is 1. The molecule has 0 unspecified atom stereocenters. The Labute approximate surface area is 133 Å². The maximum absolute atomic E-state index is 12.0. The van der Waals surface area contributed by atoms with Crippen LogP contribution in [-0.2, 0) is 17.6 Å². The molecule has 0 radical (unpaired) electrons. The van der Waals surface area contributed by atoms with Gasteiger partial charge in [-0.15, -0.1) is 0 Å². The third-order valence-corrected chi connectivity index (χ3v) is 3.73. The fourth-order valence-corrected chi connectivity index (χ4v) is 2.24. The Bertz CT molecular complexity index is 627. The fourth-order valence-electron chi connectivity index (χ4n) is 1.92. The van der Waals surface area contributed by atoms with Crippen LogP contribution in [0.25, 0.3) is 0 Å². The normalized spacial score (nSPS) is 10.4. The van der Waals surface area contributed by atoms with E-state index in [4.69, 9.17) is 28.3 Å². The molecule has 0 aliphatic carbocycles. The van der Waals surface area contributed by atoms with Crippen molar-refractivity contribution in [3.8, 4) is 0 Å². The lowest BCUT2D eigenvalue weighted by Crippen LogP contribution is -2.14. The summed E-state index contributed by atoms with van der Waals surface area (Å²) < 4.78 is 0. The highest BCUT2D eigenvalue weighted by Gasteiger charge is 2.06. The van der Waals surface area contributed by atoms with Crippen LogP contribution in [0.5, 0.6) is 0 Å². The van der Waals surface area contributed by atoms with E-state index in [-0.39, 0.29) is 18.9 Å². The molecule has 2 aromatic carbocycles. The van der Waals surface area contributed by atoms with Gasteiger partial charge in [0.2, 0.25) is 5.91 Å². The van der Waals surface area contributed by atoms with Crippen molar-refractivity contribution in [1.29, 1.82) is 0 Å². The van der Waals surface area contributed by atoms with Gasteiger partial charge in [0.25, 0.3) is 0 Å². The first-order valence-electron chi connectivity index (χ1n) is 6.52. The molecule has 0 aliphatic heterocycles. The highest BCUT2D eigenvalue weighted by atomic mass is 35.5. The van der Waals surface area contributed by atoms with Crippen LogP contribution in [-0.4, -0.2) is 17.6 Å². The largest absolute Gasteiger partial charge is 0.396 e. The Morgan fingerprint density at radius 3 is 2.29 bits per heavy atom. The molecule has 5 heteroatoms. The molecule has 0 spiro atoms. The van der Waals surface area contributed by atoms with E-state index >= 15 is 0 Å². The molecule has 0 atom stereocenters. The van der Waals surface area contributed by atoms with Crippen molar-refractivity contribution in [3.63, 3.8) is 0 Å². The number of hydrogen-bond donors (Lipinski definition) is 2. The summed E-state index contributed by atoms with van der Waals surface area (Å²) in [4.78, 5) is 12.0. The van der Waals surface area contributed by atoms with Gasteiger partial charge in [-0.3, -0.25) is 4.79 Å². The lowest BCUT2D eigenvalue weighted by molar-refractivity contribution is -0.115. The van der Waals surface area contributed by atoms with Gasteiger partial charge in [0.1, 0.15) is 0 Å². The first kappa shape index (κ1) is 15.8. The number of aliphatic hydroxyl groups excluding tert-OH is 1. The van der Waals surface area contributed by atoms with Gasteiger partial charge in [-0.2, -0.15) is 0 Å². The molecule has 2 rings (SSSR count). The lowest BCUT2D eigenvalue weighted by atomic mass is 10.1. The smallest absolute Gasteiger partial charge is 0.228 e. The maximum atomic E-state index is 12.0. The molecular formula is C16H15Cl2NO2. The summed E-state index contributed by atoms with van der Waals surface area (Å²) in [5.74, 6) is -0.122. The summed E-state index contributed by atoms with van der Waals surface area (Å²) in [7, 11) is 0. The molecule has 0 aliphatic rings. The molecule has 3 nitrogen and oxygen atoms in total. The number of hydrogen-bond acceptors (Lipinski definition) is 2. The SMILES string of the molecule is O=C(Cc1ccc(Cl)c(Cl)c1)Nc1ccc(CCO)cc1. The average Bonchev–Trinajstić information content (AvgIpc) is 2.45. The molecule has 2 aromatic rings. The Morgan fingerprint density at radius 1 is 1.00 bits per heavy atom. The van der Waals surface area contributed by atoms with Gasteiger partial charge in [0.05, 0.1) is 16.5 Å². The van der Waals surface area contributed by atoms with Crippen molar-refractivity contribution in [2.75, 3.05) is 11.9 Å². The summed E-state index contributed by atoms with van der Waals surface area (Å²) in [5, 5.41) is 12.6. The lowest BCUT2D eigenvalue weighted by Gasteiger charge is -2.07. The van der Waals surface area contributed by atoms with Gasteiger partial charge < -0.3 is 10.4 Å². The topological polar surface area (TPSA) is 49.3 Å². The minimum atomic E-state index is -0.122. The molecule has 0 heterocycles. The second kappa shape index (κ2) is 7.46. The van der Waals surface area contributed by atoms with Gasteiger partial charge in [0.15, 0.2) is 0 Å². The number of amides is 1. The average molecular weight is 324 g/mol. The number of halogens is 2. The molecule has 110 valence electrons. The summed E-state index contributed by atoms with van der Waals surface area (Å²) in [5.41, 5.74) is 2.56. The van der Waals surface area contributed by atoms with Crippen LogP contribution in [0.2, 0.25) is 10.0 Å². The highest BCUT2D eigenvalue weighted by molar-refractivity contribution is 6.42. The summed E-state index contributed by atoms with van der Waals surface area (Å²) in [6, 6.07) is 12.5. The van der Waals surface area contributed by atoms with Crippen molar-refractivity contribution in [3.05, 3.63) is 63.6 Å². The quantitative estimate of drug-likeness (QED) is 0.881. The van der Waals surface area contributed by atoms with Crippen LogP contribution in [0.15, 0.2) is 42.5 Å². The molecule has 0 saturated carbocycles. The minimum Gasteiger partial charge on any atom is -0.396 e. The van der Waals surface area contributed by atoms with E-state index < -0.39 is 0 Å². The Morgan fingerprint density at radius 2 is 1.67 bits per heavy atom. The van der Waals surface area contributed by atoms with E-state index in [1.54, 1.807) is 18.2 Å². The second-order valence-corrected chi connectivity index (χ2v) is 5.46.